The molecule has 1 rings (SSSR count). The van der Waals surface area contributed by atoms with Crippen molar-refractivity contribution < 1.29 is 9.13 Å². The summed E-state index contributed by atoms with van der Waals surface area (Å²) in [6.45, 7) is 7.75. The van der Waals surface area contributed by atoms with Crippen LogP contribution in [0, 0.1) is 11.7 Å². The van der Waals surface area contributed by atoms with Crippen LogP contribution in [0.4, 0.5) is 4.39 Å². The second kappa shape index (κ2) is 7.59. The monoisotopic (exact) mass is 273 g/mol. The second-order valence-electron chi connectivity index (χ2n) is 4.69. The Morgan fingerprint density at radius 1 is 1.39 bits per heavy atom. The van der Waals surface area contributed by atoms with Crippen molar-refractivity contribution in [3.05, 3.63) is 29.0 Å². The minimum atomic E-state index is -0.416. The largest absolute Gasteiger partial charge is 0.489 e. The Labute approximate surface area is 113 Å². The van der Waals surface area contributed by atoms with E-state index in [1.54, 1.807) is 12.1 Å². The SMILES string of the molecule is CCCNC(COc1ccc(Cl)cc1F)C(C)C. The van der Waals surface area contributed by atoms with E-state index >= 15 is 0 Å². The molecule has 1 aromatic rings. The highest BCUT2D eigenvalue weighted by Gasteiger charge is 2.14. The van der Waals surface area contributed by atoms with Crippen molar-refractivity contribution in [1.29, 1.82) is 0 Å². The van der Waals surface area contributed by atoms with Crippen LogP contribution in [-0.4, -0.2) is 19.2 Å². The highest BCUT2D eigenvalue weighted by molar-refractivity contribution is 6.30. The lowest BCUT2D eigenvalue weighted by Crippen LogP contribution is -2.39. The first-order valence-electron chi connectivity index (χ1n) is 6.35. The average molecular weight is 274 g/mol. The van der Waals surface area contributed by atoms with Crippen LogP contribution in [-0.2, 0) is 0 Å². The summed E-state index contributed by atoms with van der Waals surface area (Å²) in [7, 11) is 0. The lowest BCUT2D eigenvalue weighted by atomic mass is 10.1. The van der Waals surface area contributed by atoms with Crippen molar-refractivity contribution in [2.75, 3.05) is 13.2 Å². The average Bonchev–Trinajstić information content (AvgIpc) is 2.31. The zero-order chi connectivity index (χ0) is 13.5. The molecule has 1 N–H and O–H groups in total. The van der Waals surface area contributed by atoms with Crippen molar-refractivity contribution in [2.45, 2.75) is 33.2 Å². The van der Waals surface area contributed by atoms with Gasteiger partial charge in [-0.3, -0.25) is 0 Å². The van der Waals surface area contributed by atoms with Gasteiger partial charge in [0.25, 0.3) is 0 Å². The minimum Gasteiger partial charge on any atom is -0.489 e. The fourth-order valence-electron chi connectivity index (χ4n) is 1.59. The van der Waals surface area contributed by atoms with E-state index < -0.39 is 5.82 Å². The Bertz CT molecular complexity index is 371. The Morgan fingerprint density at radius 2 is 2.11 bits per heavy atom. The van der Waals surface area contributed by atoms with Gasteiger partial charge in [0.05, 0.1) is 0 Å². The smallest absolute Gasteiger partial charge is 0.166 e. The molecule has 18 heavy (non-hydrogen) atoms. The lowest BCUT2D eigenvalue weighted by molar-refractivity contribution is 0.223. The normalized spacial score (nSPS) is 12.8. The van der Waals surface area contributed by atoms with E-state index in [2.05, 4.69) is 26.1 Å². The number of benzene rings is 1. The molecule has 0 aliphatic rings. The van der Waals surface area contributed by atoms with Crippen LogP contribution in [0.1, 0.15) is 27.2 Å². The summed E-state index contributed by atoms with van der Waals surface area (Å²) in [5.41, 5.74) is 0. The zero-order valence-corrected chi connectivity index (χ0v) is 11.9. The molecule has 2 nitrogen and oxygen atoms in total. The third kappa shape index (κ3) is 4.83. The number of rotatable bonds is 7. The predicted molar refractivity (Wildman–Crippen MR) is 73.8 cm³/mol. The zero-order valence-electron chi connectivity index (χ0n) is 11.2. The Morgan fingerprint density at radius 3 is 2.67 bits per heavy atom. The van der Waals surface area contributed by atoms with Gasteiger partial charge in [-0.05, 0) is 37.1 Å². The van der Waals surface area contributed by atoms with Gasteiger partial charge in [-0.1, -0.05) is 32.4 Å². The number of hydrogen-bond acceptors (Lipinski definition) is 2. The van der Waals surface area contributed by atoms with E-state index in [1.807, 2.05) is 0 Å². The van der Waals surface area contributed by atoms with E-state index in [-0.39, 0.29) is 11.8 Å². The molecule has 0 bridgehead atoms. The van der Waals surface area contributed by atoms with E-state index in [9.17, 15) is 4.39 Å². The maximum absolute atomic E-state index is 13.5. The summed E-state index contributed by atoms with van der Waals surface area (Å²) in [5.74, 6) is 0.274. The van der Waals surface area contributed by atoms with Crippen molar-refractivity contribution in [1.82, 2.24) is 5.32 Å². The molecule has 0 saturated carbocycles. The van der Waals surface area contributed by atoms with E-state index in [0.29, 0.717) is 17.5 Å². The van der Waals surface area contributed by atoms with Crippen molar-refractivity contribution in [3.63, 3.8) is 0 Å². The predicted octanol–water partition coefficient (Wildman–Crippen LogP) is 3.88. The van der Waals surface area contributed by atoms with Crippen LogP contribution in [0.3, 0.4) is 0 Å². The Kier molecular flexibility index (Phi) is 6.44. The van der Waals surface area contributed by atoms with E-state index in [1.165, 1.54) is 6.07 Å². The molecule has 0 aliphatic heterocycles. The second-order valence-corrected chi connectivity index (χ2v) is 5.13. The molecule has 0 aliphatic carbocycles. The Balaban J connectivity index is 2.55. The first-order valence-corrected chi connectivity index (χ1v) is 6.73. The van der Waals surface area contributed by atoms with Gasteiger partial charge in [0, 0.05) is 11.1 Å². The molecule has 102 valence electrons. The summed E-state index contributed by atoms with van der Waals surface area (Å²) in [5, 5.41) is 3.78. The Hall–Kier alpha value is -0.800. The van der Waals surface area contributed by atoms with Crippen molar-refractivity contribution in [3.8, 4) is 5.75 Å². The molecule has 0 radical (unpaired) electrons. The summed E-state index contributed by atoms with van der Waals surface area (Å²) in [4.78, 5) is 0. The first kappa shape index (κ1) is 15.3. The molecule has 0 saturated heterocycles. The molecule has 0 aromatic heterocycles. The van der Waals surface area contributed by atoms with Gasteiger partial charge in [-0.25, -0.2) is 4.39 Å². The van der Waals surface area contributed by atoms with Crippen molar-refractivity contribution >= 4 is 11.6 Å². The fourth-order valence-corrected chi connectivity index (χ4v) is 1.75. The third-order valence-corrected chi connectivity index (χ3v) is 3.01. The topological polar surface area (TPSA) is 21.3 Å². The van der Waals surface area contributed by atoms with Crippen LogP contribution in [0.5, 0.6) is 5.75 Å². The third-order valence-electron chi connectivity index (χ3n) is 2.77. The molecule has 1 aromatic carbocycles. The summed E-state index contributed by atoms with van der Waals surface area (Å²) < 4.78 is 19.0. The number of halogens is 2. The van der Waals surface area contributed by atoms with Crippen LogP contribution in [0.15, 0.2) is 18.2 Å². The molecule has 4 heteroatoms. The van der Waals surface area contributed by atoms with Gasteiger partial charge in [-0.2, -0.15) is 0 Å². The lowest BCUT2D eigenvalue weighted by Gasteiger charge is -2.22. The number of hydrogen-bond donors (Lipinski definition) is 1. The quantitative estimate of drug-likeness (QED) is 0.814. The van der Waals surface area contributed by atoms with E-state index in [0.717, 1.165) is 13.0 Å². The van der Waals surface area contributed by atoms with Crippen molar-refractivity contribution in [2.24, 2.45) is 5.92 Å². The molecule has 0 heterocycles. The summed E-state index contributed by atoms with van der Waals surface area (Å²) in [6, 6.07) is 4.68. The van der Waals surface area contributed by atoms with Crippen LogP contribution < -0.4 is 10.1 Å². The first-order chi connectivity index (χ1) is 8.54. The van der Waals surface area contributed by atoms with Gasteiger partial charge in [0.1, 0.15) is 6.61 Å². The maximum Gasteiger partial charge on any atom is 0.166 e. The van der Waals surface area contributed by atoms with Crippen LogP contribution in [0.2, 0.25) is 5.02 Å². The van der Waals surface area contributed by atoms with Crippen LogP contribution >= 0.6 is 11.6 Å². The molecular weight excluding hydrogens is 253 g/mol. The highest BCUT2D eigenvalue weighted by atomic mass is 35.5. The van der Waals surface area contributed by atoms with E-state index in [4.69, 9.17) is 16.3 Å². The van der Waals surface area contributed by atoms with Gasteiger partial charge in [-0.15, -0.1) is 0 Å². The number of ether oxygens (including phenoxy) is 1. The van der Waals surface area contributed by atoms with Crippen LogP contribution in [0.25, 0.3) is 0 Å². The van der Waals surface area contributed by atoms with Gasteiger partial charge in [0.2, 0.25) is 0 Å². The highest BCUT2D eigenvalue weighted by Crippen LogP contribution is 2.21. The van der Waals surface area contributed by atoms with Gasteiger partial charge in [0.15, 0.2) is 11.6 Å². The molecular formula is C14H21ClFNO. The molecule has 0 spiro atoms. The van der Waals surface area contributed by atoms with Gasteiger partial charge >= 0.3 is 0 Å². The standard InChI is InChI=1S/C14H21ClFNO/c1-4-7-17-13(10(2)3)9-18-14-6-5-11(15)8-12(14)16/h5-6,8,10,13,17H,4,7,9H2,1-3H3. The molecule has 1 atom stereocenters. The summed E-state index contributed by atoms with van der Waals surface area (Å²) >= 11 is 5.69. The fraction of sp³-hybridized carbons (Fsp3) is 0.571. The molecule has 0 fully saturated rings. The minimum absolute atomic E-state index is 0.222. The maximum atomic E-state index is 13.5. The summed E-state index contributed by atoms with van der Waals surface area (Å²) in [6.07, 6.45) is 1.07. The number of nitrogens with one attached hydrogen (secondary N) is 1. The molecule has 0 amide bonds. The molecule has 1 unspecified atom stereocenters. The van der Waals surface area contributed by atoms with Gasteiger partial charge < -0.3 is 10.1 Å².